The number of nitrogens with zero attached hydrogens (tertiary/aromatic N) is 1. The third-order valence-electron chi connectivity index (χ3n) is 2.68. The second kappa shape index (κ2) is 4.52. The van der Waals surface area contributed by atoms with Gasteiger partial charge in [0, 0.05) is 19.4 Å². The fourth-order valence-corrected chi connectivity index (χ4v) is 1.61. The molecule has 0 unspecified atom stereocenters. The summed E-state index contributed by atoms with van der Waals surface area (Å²) in [6.07, 6.45) is -6.15. The number of hydrogen-bond donors (Lipinski definition) is 2. The SMILES string of the molecule is O=C(O)CCC(=O)N1CC[C@@](O)(C(F)(F)F)C1. The number of halogens is 3. The Bertz CT molecular complexity index is 331. The number of hydrogen-bond acceptors (Lipinski definition) is 3. The monoisotopic (exact) mass is 255 g/mol. The van der Waals surface area contributed by atoms with Crippen molar-refractivity contribution in [1.29, 1.82) is 0 Å². The highest BCUT2D eigenvalue weighted by molar-refractivity contribution is 5.81. The number of carbonyl (C=O) groups excluding carboxylic acids is 1. The van der Waals surface area contributed by atoms with Crippen LogP contribution in [0.3, 0.4) is 0 Å². The van der Waals surface area contributed by atoms with Gasteiger partial charge in [-0.1, -0.05) is 0 Å². The average molecular weight is 255 g/mol. The molecule has 1 atom stereocenters. The number of carboxylic acids is 1. The first-order valence-corrected chi connectivity index (χ1v) is 4.94. The number of carboxylic acid groups (broad SMARTS) is 1. The molecule has 8 heteroatoms. The first kappa shape index (κ1) is 13.8. The van der Waals surface area contributed by atoms with E-state index in [2.05, 4.69) is 0 Å². The Morgan fingerprint density at radius 2 is 1.88 bits per heavy atom. The number of rotatable bonds is 3. The molecule has 0 aromatic rings. The van der Waals surface area contributed by atoms with E-state index >= 15 is 0 Å². The second-order valence-electron chi connectivity index (χ2n) is 3.99. The molecule has 1 heterocycles. The second-order valence-corrected chi connectivity index (χ2v) is 3.99. The van der Waals surface area contributed by atoms with Gasteiger partial charge in [-0.25, -0.2) is 0 Å². The molecule has 17 heavy (non-hydrogen) atoms. The van der Waals surface area contributed by atoms with Crippen molar-refractivity contribution in [2.75, 3.05) is 13.1 Å². The van der Waals surface area contributed by atoms with E-state index in [1.165, 1.54) is 0 Å². The van der Waals surface area contributed by atoms with Gasteiger partial charge in [0.25, 0.3) is 0 Å². The summed E-state index contributed by atoms with van der Waals surface area (Å²) in [7, 11) is 0. The zero-order chi connectivity index (χ0) is 13.3. The molecule has 0 spiro atoms. The lowest BCUT2D eigenvalue weighted by molar-refractivity contribution is -0.253. The largest absolute Gasteiger partial charge is 0.481 e. The summed E-state index contributed by atoms with van der Waals surface area (Å²) in [5.74, 6) is -1.88. The van der Waals surface area contributed by atoms with Crippen LogP contribution in [0.5, 0.6) is 0 Å². The maximum atomic E-state index is 12.4. The lowest BCUT2D eigenvalue weighted by Gasteiger charge is -2.25. The third kappa shape index (κ3) is 3.09. The van der Waals surface area contributed by atoms with Crippen LogP contribution in [0, 0.1) is 0 Å². The predicted molar refractivity (Wildman–Crippen MR) is 49.1 cm³/mol. The van der Waals surface area contributed by atoms with Crippen LogP contribution >= 0.6 is 0 Å². The lowest BCUT2D eigenvalue weighted by atomic mass is 10.0. The normalized spacial score (nSPS) is 25.1. The van der Waals surface area contributed by atoms with E-state index in [0.717, 1.165) is 4.90 Å². The Morgan fingerprint density at radius 3 is 2.29 bits per heavy atom. The molecule has 0 aliphatic carbocycles. The minimum Gasteiger partial charge on any atom is -0.481 e. The van der Waals surface area contributed by atoms with Crippen LogP contribution < -0.4 is 0 Å². The van der Waals surface area contributed by atoms with Gasteiger partial charge >= 0.3 is 12.1 Å². The summed E-state index contributed by atoms with van der Waals surface area (Å²) in [5, 5.41) is 17.6. The van der Waals surface area contributed by atoms with Crippen molar-refractivity contribution in [3.8, 4) is 0 Å². The van der Waals surface area contributed by atoms with Gasteiger partial charge < -0.3 is 15.1 Å². The average Bonchev–Trinajstić information content (AvgIpc) is 2.57. The molecule has 0 aromatic heterocycles. The van der Waals surface area contributed by atoms with E-state index in [1.54, 1.807) is 0 Å². The molecule has 0 saturated carbocycles. The molecule has 0 aromatic carbocycles. The Kier molecular flexibility index (Phi) is 3.65. The molecule has 0 radical (unpaired) electrons. The van der Waals surface area contributed by atoms with Crippen molar-refractivity contribution in [2.24, 2.45) is 0 Å². The third-order valence-corrected chi connectivity index (χ3v) is 2.68. The molecule has 1 rings (SSSR count). The van der Waals surface area contributed by atoms with Crippen molar-refractivity contribution in [2.45, 2.75) is 31.0 Å². The topological polar surface area (TPSA) is 77.8 Å². The van der Waals surface area contributed by atoms with Gasteiger partial charge in [-0.2, -0.15) is 13.2 Å². The Hall–Kier alpha value is -1.31. The predicted octanol–water partition coefficient (Wildman–Crippen LogP) is 0.377. The first-order valence-electron chi connectivity index (χ1n) is 4.94. The molecular formula is C9H12F3NO4. The Labute approximate surface area is 94.8 Å². The molecule has 1 aliphatic rings. The molecule has 1 aliphatic heterocycles. The Balaban J connectivity index is 2.56. The van der Waals surface area contributed by atoms with Crippen molar-refractivity contribution >= 4 is 11.9 Å². The zero-order valence-corrected chi connectivity index (χ0v) is 8.83. The van der Waals surface area contributed by atoms with Crippen LogP contribution in [-0.4, -0.2) is 51.9 Å². The lowest BCUT2D eigenvalue weighted by Crippen LogP contribution is -2.48. The van der Waals surface area contributed by atoms with Gasteiger partial charge in [0.15, 0.2) is 5.60 Å². The van der Waals surface area contributed by atoms with E-state index in [1.807, 2.05) is 0 Å². The van der Waals surface area contributed by atoms with Crippen molar-refractivity contribution in [3.05, 3.63) is 0 Å². The highest BCUT2D eigenvalue weighted by atomic mass is 19.4. The number of aliphatic hydroxyl groups is 1. The standard InChI is InChI=1S/C9H12F3NO4/c10-9(11,12)8(17)3-4-13(5-8)6(14)1-2-7(15)16/h17H,1-5H2,(H,15,16)/t8-/m0/s1. The maximum Gasteiger partial charge on any atom is 0.419 e. The number of amides is 1. The van der Waals surface area contributed by atoms with E-state index in [9.17, 15) is 27.9 Å². The van der Waals surface area contributed by atoms with Crippen molar-refractivity contribution in [3.63, 3.8) is 0 Å². The van der Waals surface area contributed by atoms with E-state index < -0.39 is 43.0 Å². The molecule has 1 saturated heterocycles. The summed E-state index contributed by atoms with van der Waals surface area (Å²) in [6, 6.07) is 0. The minimum absolute atomic E-state index is 0.214. The minimum atomic E-state index is -4.78. The summed E-state index contributed by atoms with van der Waals surface area (Å²) in [5.41, 5.74) is -2.87. The summed E-state index contributed by atoms with van der Waals surface area (Å²) >= 11 is 0. The van der Waals surface area contributed by atoms with Crippen molar-refractivity contribution in [1.82, 2.24) is 4.90 Å². The zero-order valence-electron chi connectivity index (χ0n) is 8.83. The molecular weight excluding hydrogens is 243 g/mol. The highest BCUT2D eigenvalue weighted by Crippen LogP contribution is 2.37. The van der Waals surface area contributed by atoms with Crippen molar-refractivity contribution < 1.29 is 33.0 Å². The highest BCUT2D eigenvalue weighted by Gasteiger charge is 2.57. The summed E-state index contributed by atoms with van der Waals surface area (Å²) in [4.78, 5) is 22.4. The quantitative estimate of drug-likeness (QED) is 0.764. The summed E-state index contributed by atoms with van der Waals surface area (Å²) in [6.45, 7) is -1.04. The van der Waals surface area contributed by atoms with Crippen LogP contribution in [0.2, 0.25) is 0 Å². The molecule has 98 valence electrons. The van der Waals surface area contributed by atoms with Gasteiger partial charge in [-0.3, -0.25) is 9.59 Å². The van der Waals surface area contributed by atoms with Crippen LogP contribution in [-0.2, 0) is 9.59 Å². The molecule has 2 N–H and O–H groups in total. The maximum absolute atomic E-state index is 12.4. The van der Waals surface area contributed by atoms with Gasteiger partial charge in [0.1, 0.15) is 0 Å². The van der Waals surface area contributed by atoms with Gasteiger partial charge in [0.2, 0.25) is 5.91 Å². The molecule has 1 amide bonds. The van der Waals surface area contributed by atoms with E-state index in [0.29, 0.717) is 0 Å². The number of β-amino-alcohol motifs (C(OH)–C–C–N with tert-alkyl or cyclic N) is 1. The number of carbonyl (C=O) groups is 2. The summed E-state index contributed by atoms with van der Waals surface area (Å²) < 4.78 is 37.2. The number of aliphatic carboxylic acids is 1. The first-order chi connectivity index (χ1) is 7.66. The molecule has 5 nitrogen and oxygen atoms in total. The van der Waals surface area contributed by atoms with Gasteiger partial charge in [-0.15, -0.1) is 0 Å². The fraction of sp³-hybridized carbons (Fsp3) is 0.778. The van der Waals surface area contributed by atoms with Gasteiger partial charge in [0.05, 0.1) is 13.0 Å². The Morgan fingerprint density at radius 1 is 1.29 bits per heavy atom. The van der Waals surface area contributed by atoms with Crippen LogP contribution in [0.4, 0.5) is 13.2 Å². The molecule has 0 bridgehead atoms. The van der Waals surface area contributed by atoms with Crippen LogP contribution in [0.1, 0.15) is 19.3 Å². The van der Waals surface area contributed by atoms with E-state index in [-0.39, 0.29) is 13.0 Å². The van der Waals surface area contributed by atoms with E-state index in [4.69, 9.17) is 5.11 Å². The number of likely N-dealkylation sites (tertiary alicyclic amines) is 1. The van der Waals surface area contributed by atoms with Crippen LogP contribution in [0.25, 0.3) is 0 Å². The fourth-order valence-electron chi connectivity index (χ4n) is 1.61. The molecule has 1 fully saturated rings. The smallest absolute Gasteiger partial charge is 0.419 e. The van der Waals surface area contributed by atoms with Gasteiger partial charge in [-0.05, 0) is 0 Å². The van der Waals surface area contributed by atoms with Crippen LogP contribution in [0.15, 0.2) is 0 Å². The number of alkyl halides is 3.